The van der Waals surface area contributed by atoms with Crippen molar-refractivity contribution in [2.75, 3.05) is 26.7 Å². The maximum Gasteiger partial charge on any atom is 0.303 e. The molecule has 16 heavy (non-hydrogen) atoms. The molecular weight excluding hydrogens is 208 g/mol. The van der Waals surface area contributed by atoms with Crippen molar-refractivity contribution in [3.05, 3.63) is 0 Å². The minimum absolute atomic E-state index is 0.0539. The van der Waals surface area contributed by atoms with Crippen LogP contribution in [0.4, 0.5) is 0 Å². The summed E-state index contributed by atoms with van der Waals surface area (Å²) in [5.41, 5.74) is 0. The number of carbonyl (C=O) groups is 2. The first-order valence-corrected chi connectivity index (χ1v) is 5.77. The van der Waals surface area contributed by atoms with Gasteiger partial charge in [-0.15, -0.1) is 0 Å². The van der Waals surface area contributed by atoms with E-state index in [4.69, 9.17) is 5.11 Å². The molecule has 0 aromatic carbocycles. The third-order valence-corrected chi connectivity index (χ3v) is 3.08. The van der Waals surface area contributed by atoms with E-state index in [9.17, 15) is 9.59 Å². The van der Waals surface area contributed by atoms with Gasteiger partial charge in [0.1, 0.15) is 0 Å². The van der Waals surface area contributed by atoms with Crippen LogP contribution in [0.25, 0.3) is 0 Å². The van der Waals surface area contributed by atoms with E-state index in [1.807, 2.05) is 23.8 Å². The van der Waals surface area contributed by atoms with Gasteiger partial charge in [0.25, 0.3) is 0 Å². The minimum atomic E-state index is -0.839. The van der Waals surface area contributed by atoms with E-state index in [0.717, 1.165) is 19.5 Å². The number of carboxylic acids is 1. The fourth-order valence-electron chi connectivity index (χ4n) is 2.09. The molecule has 5 nitrogen and oxygen atoms in total. The van der Waals surface area contributed by atoms with Gasteiger partial charge in [-0.1, -0.05) is 0 Å². The third kappa shape index (κ3) is 3.20. The van der Waals surface area contributed by atoms with Crippen LogP contribution in [0.2, 0.25) is 0 Å². The molecule has 1 saturated heterocycles. The molecule has 0 radical (unpaired) electrons. The van der Waals surface area contributed by atoms with Gasteiger partial charge in [-0.3, -0.25) is 14.5 Å². The molecular formula is C11H20N2O3. The van der Waals surface area contributed by atoms with E-state index in [0.29, 0.717) is 13.0 Å². The Balaban J connectivity index is 2.67. The molecule has 1 aliphatic heterocycles. The Morgan fingerprint density at radius 2 is 2.19 bits per heavy atom. The van der Waals surface area contributed by atoms with E-state index >= 15 is 0 Å². The van der Waals surface area contributed by atoms with Crippen LogP contribution in [0.1, 0.15) is 26.2 Å². The molecule has 5 heteroatoms. The lowest BCUT2D eigenvalue weighted by Crippen LogP contribution is -2.44. The molecule has 0 bridgehead atoms. The van der Waals surface area contributed by atoms with Crippen LogP contribution in [-0.2, 0) is 9.59 Å². The van der Waals surface area contributed by atoms with E-state index < -0.39 is 5.97 Å². The summed E-state index contributed by atoms with van der Waals surface area (Å²) in [4.78, 5) is 26.4. The molecule has 1 amide bonds. The molecule has 92 valence electrons. The molecule has 1 N–H and O–H groups in total. The summed E-state index contributed by atoms with van der Waals surface area (Å²) in [6.45, 7) is 4.30. The second kappa shape index (κ2) is 5.84. The van der Waals surface area contributed by atoms with Crippen LogP contribution >= 0.6 is 0 Å². The first-order valence-electron chi connectivity index (χ1n) is 5.77. The first kappa shape index (κ1) is 13.0. The number of amides is 1. The average molecular weight is 228 g/mol. The van der Waals surface area contributed by atoms with Crippen molar-refractivity contribution < 1.29 is 14.7 Å². The second-order valence-corrected chi connectivity index (χ2v) is 4.20. The third-order valence-electron chi connectivity index (χ3n) is 3.08. The van der Waals surface area contributed by atoms with Crippen molar-refractivity contribution >= 4 is 11.9 Å². The number of aliphatic carboxylic acids is 1. The van der Waals surface area contributed by atoms with Gasteiger partial charge in [0, 0.05) is 26.1 Å². The van der Waals surface area contributed by atoms with Gasteiger partial charge in [0.2, 0.25) is 5.91 Å². The first-order chi connectivity index (χ1) is 7.56. The zero-order valence-electron chi connectivity index (χ0n) is 9.98. The van der Waals surface area contributed by atoms with Crippen molar-refractivity contribution in [2.24, 2.45) is 0 Å². The molecule has 1 aliphatic rings. The van der Waals surface area contributed by atoms with Gasteiger partial charge in [-0.05, 0) is 26.8 Å². The SMILES string of the molecule is CCN1CCCN(C)C(CCC(=O)O)C1=O. The van der Waals surface area contributed by atoms with Crippen LogP contribution in [0.5, 0.6) is 0 Å². The van der Waals surface area contributed by atoms with E-state index in [1.54, 1.807) is 0 Å². The summed E-state index contributed by atoms with van der Waals surface area (Å²) in [5, 5.41) is 8.67. The monoisotopic (exact) mass is 228 g/mol. The topological polar surface area (TPSA) is 60.9 Å². The number of hydrogen-bond acceptors (Lipinski definition) is 3. The van der Waals surface area contributed by atoms with Gasteiger partial charge in [0.05, 0.1) is 6.04 Å². The number of nitrogens with zero attached hydrogens (tertiary/aromatic N) is 2. The Bertz CT molecular complexity index is 268. The van der Waals surface area contributed by atoms with Crippen molar-refractivity contribution in [1.29, 1.82) is 0 Å². The molecule has 1 rings (SSSR count). The summed E-state index contributed by atoms with van der Waals surface area (Å²) >= 11 is 0. The fraction of sp³-hybridized carbons (Fsp3) is 0.818. The zero-order valence-corrected chi connectivity index (χ0v) is 9.98. The quantitative estimate of drug-likeness (QED) is 0.757. The highest BCUT2D eigenvalue weighted by atomic mass is 16.4. The van der Waals surface area contributed by atoms with E-state index in [-0.39, 0.29) is 18.4 Å². The van der Waals surface area contributed by atoms with E-state index in [2.05, 4.69) is 0 Å². The molecule has 0 aromatic heterocycles. The van der Waals surface area contributed by atoms with Crippen LogP contribution in [0, 0.1) is 0 Å². The van der Waals surface area contributed by atoms with Crippen molar-refractivity contribution in [3.63, 3.8) is 0 Å². The van der Waals surface area contributed by atoms with Crippen LogP contribution in [-0.4, -0.2) is 59.5 Å². The van der Waals surface area contributed by atoms with E-state index in [1.165, 1.54) is 0 Å². The molecule has 1 fully saturated rings. The van der Waals surface area contributed by atoms with Gasteiger partial charge < -0.3 is 10.0 Å². The lowest BCUT2D eigenvalue weighted by Gasteiger charge is -2.26. The Morgan fingerprint density at radius 3 is 2.75 bits per heavy atom. The molecule has 0 saturated carbocycles. The average Bonchev–Trinajstić information content (AvgIpc) is 2.35. The summed E-state index contributed by atoms with van der Waals surface area (Å²) in [5.74, 6) is -0.766. The molecule has 0 spiro atoms. The normalized spacial score (nSPS) is 23.2. The van der Waals surface area contributed by atoms with Gasteiger partial charge in [-0.25, -0.2) is 0 Å². The molecule has 1 unspecified atom stereocenters. The van der Waals surface area contributed by atoms with Crippen LogP contribution < -0.4 is 0 Å². The highest BCUT2D eigenvalue weighted by Gasteiger charge is 2.29. The Morgan fingerprint density at radius 1 is 1.50 bits per heavy atom. The fourth-order valence-corrected chi connectivity index (χ4v) is 2.09. The lowest BCUT2D eigenvalue weighted by atomic mass is 10.1. The number of likely N-dealkylation sites (N-methyl/N-ethyl adjacent to an activating group) is 2. The Hall–Kier alpha value is -1.10. The number of hydrogen-bond donors (Lipinski definition) is 1. The zero-order chi connectivity index (χ0) is 12.1. The summed E-state index contributed by atoms with van der Waals surface area (Å²) in [6, 6.07) is -0.265. The van der Waals surface area contributed by atoms with Gasteiger partial charge in [0.15, 0.2) is 0 Å². The predicted molar refractivity (Wildman–Crippen MR) is 60.2 cm³/mol. The smallest absolute Gasteiger partial charge is 0.303 e. The number of rotatable bonds is 4. The predicted octanol–water partition coefficient (Wildman–Crippen LogP) is 0.404. The molecule has 0 aromatic rings. The van der Waals surface area contributed by atoms with Gasteiger partial charge in [-0.2, -0.15) is 0 Å². The Labute approximate surface area is 96.0 Å². The maximum atomic E-state index is 12.1. The second-order valence-electron chi connectivity index (χ2n) is 4.20. The standard InChI is InChI=1S/C11H20N2O3/c1-3-13-8-4-7-12(2)9(11(13)16)5-6-10(14)15/h9H,3-8H2,1-2H3,(H,14,15). The number of carbonyl (C=O) groups excluding carboxylic acids is 1. The summed E-state index contributed by atoms with van der Waals surface area (Å²) in [6.07, 6.45) is 1.42. The van der Waals surface area contributed by atoms with Crippen molar-refractivity contribution in [1.82, 2.24) is 9.80 Å². The molecule has 1 heterocycles. The van der Waals surface area contributed by atoms with Gasteiger partial charge >= 0.3 is 5.97 Å². The van der Waals surface area contributed by atoms with Crippen LogP contribution in [0.3, 0.4) is 0 Å². The Kier molecular flexibility index (Phi) is 4.73. The maximum absolute atomic E-state index is 12.1. The summed E-state index contributed by atoms with van der Waals surface area (Å²) in [7, 11) is 1.89. The summed E-state index contributed by atoms with van der Waals surface area (Å²) < 4.78 is 0. The van der Waals surface area contributed by atoms with Crippen LogP contribution in [0.15, 0.2) is 0 Å². The van der Waals surface area contributed by atoms with Crippen molar-refractivity contribution in [2.45, 2.75) is 32.2 Å². The highest BCUT2D eigenvalue weighted by molar-refractivity contribution is 5.82. The molecule has 1 atom stereocenters. The largest absolute Gasteiger partial charge is 0.481 e. The number of carboxylic acid groups (broad SMARTS) is 1. The lowest BCUT2D eigenvalue weighted by molar-refractivity contribution is -0.138. The molecule has 0 aliphatic carbocycles. The van der Waals surface area contributed by atoms with Crippen molar-refractivity contribution in [3.8, 4) is 0 Å². The minimum Gasteiger partial charge on any atom is -0.481 e. The highest BCUT2D eigenvalue weighted by Crippen LogP contribution is 2.14.